The van der Waals surface area contributed by atoms with Crippen LogP contribution in [0.15, 0.2) is 29.2 Å². The van der Waals surface area contributed by atoms with Crippen LogP contribution in [0.1, 0.15) is 19.3 Å². The zero-order chi connectivity index (χ0) is 15.0. The topological polar surface area (TPSA) is 75.7 Å². The van der Waals surface area contributed by atoms with Crippen LogP contribution in [0.3, 0.4) is 0 Å². The minimum absolute atomic E-state index is 0.0721. The number of carbonyl (C=O) groups excluding carboxylic acids is 1. The number of benzene rings is 1. The Morgan fingerprint density at radius 2 is 1.86 bits per heavy atom. The van der Waals surface area contributed by atoms with E-state index in [0.717, 1.165) is 12.8 Å². The summed E-state index contributed by atoms with van der Waals surface area (Å²) in [6.07, 6.45) is 1.78. The van der Waals surface area contributed by atoms with Crippen LogP contribution in [-0.4, -0.2) is 44.4 Å². The molecule has 1 amide bonds. The molecule has 0 aromatic heterocycles. The van der Waals surface area contributed by atoms with Gasteiger partial charge in [0, 0.05) is 25.0 Å². The van der Waals surface area contributed by atoms with Crippen molar-refractivity contribution in [3.05, 3.63) is 24.3 Å². The van der Waals surface area contributed by atoms with E-state index in [2.05, 4.69) is 5.32 Å². The standard InChI is InChI=1S/C14H18N2O4S/c1-20-12-4-6-13(7-5-12)21(18,19)16-10-2-3-11(16)9-15-14(17)8-10/h4-7,10-11H,2-3,8-9H2,1H3,(H,15,17)/t10-,11-/m1/s1. The molecule has 3 rings (SSSR count). The van der Waals surface area contributed by atoms with E-state index in [-0.39, 0.29) is 29.3 Å². The molecule has 2 aliphatic rings. The first-order valence-electron chi connectivity index (χ1n) is 6.96. The lowest BCUT2D eigenvalue weighted by Crippen LogP contribution is -2.42. The van der Waals surface area contributed by atoms with Crippen LogP contribution in [0.2, 0.25) is 0 Å². The van der Waals surface area contributed by atoms with E-state index in [1.807, 2.05) is 0 Å². The number of methoxy groups -OCH3 is 1. The second-order valence-electron chi connectivity index (χ2n) is 5.40. The highest BCUT2D eigenvalue weighted by Gasteiger charge is 2.44. The number of hydrogen-bond donors (Lipinski definition) is 1. The van der Waals surface area contributed by atoms with Crippen molar-refractivity contribution in [1.82, 2.24) is 9.62 Å². The Kier molecular flexibility index (Phi) is 3.62. The number of amides is 1. The number of nitrogens with zero attached hydrogens (tertiary/aromatic N) is 1. The molecule has 6 nitrogen and oxygen atoms in total. The number of carbonyl (C=O) groups is 1. The lowest BCUT2D eigenvalue weighted by atomic mass is 10.1. The first-order valence-corrected chi connectivity index (χ1v) is 8.40. The van der Waals surface area contributed by atoms with Crippen LogP contribution >= 0.6 is 0 Å². The van der Waals surface area contributed by atoms with Gasteiger partial charge in [-0.3, -0.25) is 4.79 Å². The molecule has 2 aliphatic heterocycles. The molecule has 1 aromatic rings. The second-order valence-corrected chi connectivity index (χ2v) is 7.25. The van der Waals surface area contributed by atoms with Gasteiger partial charge in [-0.15, -0.1) is 0 Å². The fourth-order valence-electron chi connectivity index (χ4n) is 3.10. The summed E-state index contributed by atoms with van der Waals surface area (Å²) in [4.78, 5) is 11.9. The van der Waals surface area contributed by atoms with Gasteiger partial charge in [-0.2, -0.15) is 4.31 Å². The third-order valence-corrected chi connectivity index (χ3v) is 6.16. The summed E-state index contributed by atoms with van der Waals surface area (Å²) in [5.41, 5.74) is 0. The Balaban J connectivity index is 1.95. The summed E-state index contributed by atoms with van der Waals surface area (Å²) in [5, 5.41) is 2.78. The van der Waals surface area contributed by atoms with Crippen LogP contribution in [0.25, 0.3) is 0 Å². The molecule has 21 heavy (non-hydrogen) atoms. The molecule has 0 unspecified atom stereocenters. The third kappa shape index (κ3) is 2.51. The lowest BCUT2D eigenvalue weighted by Gasteiger charge is -2.26. The van der Waals surface area contributed by atoms with Crippen LogP contribution in [0.4, 0.5) is 0 Å². The van der Waals surface area contributed by atoms with E-state index in [4.69, 9.17) is 4.74 Å². The number of nitrogens with one attached hydrogen (secondary N) is 1. The molecule has 0 spiro atoms. The molecule has 1 N–H and O–H groups in total. The lowest BCUT2D eigenvalue weighted by molar-refractivity contribution is -0.121. The maximum absolute atomic E-state index is 12.9. The smallest absolute Gasteiger partial charge is 0.243 e. The zero-order valence-corrected chi connectivity index (χ0v) is 12.6. The summed E-state index contributed by atoms with van der Waals surface area (Å²) in [7, 11) is -2.05. The van der Waals surface area contributed by atoms with E-state index < -0.39 is 10.0 Å². The Morgan fingerprint density at radius 3 is 2.52 bits per heavy atom. The predicted molar refractivity (Wildman–Crippen MR) is 76.5 cm³/mol. The highest BCUT2D eigenvalue weighted by atomic mass is 32.2. The van der Waals surface area contributed by atoms with Crippen molar-refractivity contribution in [3.8, 4) is 5.75 Å². The van der Waals surface area contributed by atoms with Gasteiger partial charge in [0.1, 0.15) is 5.75 Å². The van der Waals surface area contributed by atoms with Crippen molar-refractivity contribution >= 4 is 15.9 Å². The Morgan fingerprint density at radius 1 is 1.19 bits per heavy atom. The summed E-state index contributed by atoms with van der Waals surface area (Å²) in [6, 6.07) is 5.99. The maximum atomic E-state index is 12.9. The molecule has 0 saturated carbocycles. The molecule has 2 fully saturated rings. The van der Waals surface area contributed by atoms with Crippen molar-refractivity contribution in [1.29, 1.82) is 0 Å². The average molecular weight is 310 g/mol. The van der Waals surface area contributed by atoms with Gasteiger partial charge in [0.15, 0.2) is 0 Å². The summed E-state index contributed by atoms with van der Waals surface area (Å²) >= 11 is 0. The normalized spacial score (nSPS) is 26.2. The first-order chi connectivity index (χ1) is 10.0. The van der Waals surface area contributed by atoms with Crippen LogP contribution < -0.4 is 10.1 Å². The molecule has 2 atom stereocenters. The van der Waals surface area contributed by atoms with Crippen molar-refractivity contribution < 1.29 is 17.9 Å². The van der Waals surface area contributed by atoms with Gasteiger partial charge in [-0.05, 0) is 37.1 Å². The molecule has 7 heteroatoms. The monoisotopic (exact) mass is 310 g/mol. The van der Waals surface area contributed by atoms with Gasteiger partial charge < -0.3 is 10.1 Å². The highest BCUT2D eigenvalue weighted by Crippen LogP contribution is 2.34. The van der Waals surface area contributed by atoms with Gasteiger partial charge in [0.25, 0.3) is 0 Å². The Bertz CT molecular complexity index is 641. The van der Waals surface area contributed by atoms with Crippen molar-refractivity contribution in [2.75, 3.05) is 13.7 Å². The summed E-state index contributed by atoms with van der Waals surface area (Å²) < 4.78 is 32.3. The third-order valence-electron chi connectivity index (χ3n) is 4.14. The van der Waals surface area contributed by atoms with E-state index in [9.17, 15) is 13.2 Å². The molecule has 1 aromatic carbocycles. The average Bonchev–Trinajstić information content (AvgIpc) is 2.79. The van der Waals surface area contributed by atoms with Crippen LogP contribution in [0, 0.1) is 0 Å². The Labute approximate surface area is 124 Å². The number of hydrogen-bond acceptors (Lipinski definition) is 4. The van der Waals surface area contributed by atoms with E-state index in [1.54, 1.807) is 24.3 Å². The molecule has 0 radical (unpaired) electrons. The number of rotatable bonds is 3. The van der Waals surface area contributed by atoms with Crippen molar-refractivity contribution in [3.63, 3.8) is 0 Å². The van der Waals surface area contributed by atoms with E-state index in [1.165, 1.54) is 11.4 Å². The molecule has 2 heterocycles. The minimum Gasteiger partial charge on any atom is -0.497 e. The number of sulfonamides is 1. The number of fused-ring (bicyclic) bond motifs is 2. The van der Waals surface area contributed by atoms with Gasteiger partial charge in [0.2, 0.25) is 15.9 Å². The highest BCUT2D eigenvalue weighted by molar-refractivity contribution is 7.89. The second kappa shape index (κ2) is 5.31. The van der Waals surface area contributed by atoms with Crippen molar-refractivity contribution in [2.45, 2.75) is 36.2 Å². The summed E-state index contributed by atoms with van der Waals surface area (Å²) in [5.74, 6) is 0.543. The van der Waals surface area contributed by atoms with Crippen LogP contribution in [0.5, 0.6) is 5.75 Å². The van der Waals surface area contributed by atoms with Crippen LogP contribution in [-0.2, 0) is 14.8 Å². The fraction of sp³-hybridized carbons (Fsp3) is 0.500. The fourth-order valence-corrected chi connectivity index (χ4v) is 4.97. The molecule has 114 valence electrons. The molecular formula is C14H18N2O4S. The zero-order valence-electron chi connectivity index (χ0n) is 11.8. The molecule has 0 aliphatic carbocycles. The van der Waals surface area contributed by atoms with Crippen molar-refractivity contribution in [2.24, 2.45) is 0 Å². The van der Waals surface area contributed by atoms with E-state index in [0.29, 0.717) is 12.3 Å². The first kappa shape index (κ1) is 14.3. The quantitative estimate of drug-likeness (QED) is 0.893. The molecule has 2 saturated heterocycles. The minimum atomic E-state index is -3.58. The van der Waals surface area contributed by atoms with E-state index >= 15 is 0 Å². The maximum Gasteiger partial charge on any atom is 0.243 e. The summed E-state index contributed by atoms with van der Waals surface area (Å²) in [6.45, 7) is 0.394. The van der Waals surface area contributed by atoms with Gasteiger partial charge in [0.05, 0.1) is 12.0 Å². The number of ether oxygens (including phenoxy) is 1. The molecule has 2 bridgehead atoms. The predicted octanol–water partition coefficient (Wildman–Crippen LogP) is 0.737. The Hall–Kier alpha value is -1.60. The largest absolute Gasteiger partial charge is 0.497 e. The molecular weight excluding hydrogens is 292 g/mol. The van der Waals surface area contributed by atoms with Gasteiger partial charge in [-0.1, -0.05) is 0 Å². The van der Waals surface area contributed by atoms with Gasteiger partial charge in [-0.25, -0.2) is 8.42 Å². The van der Waals surface area contributed by atoms with Gasteiger partial charge >= 0.3 is 0 Å². The SMILES string of the molecule is COc1ccc(S(=O)(=O)N2[C@@H]3CC[C@@H]2CC(=O)NC3)cc1.